The van der Waals surface area contributed by atoms with Crippen molar-refractivity contribution in [1.29, 1.82) is 0 Å². The van der Waals surface area contributed by atoms with Crippen LogP contribution in [0.5, 0.6) is 0 Å². The van der Waals surface area contributed by atoms with Gasteiger partial charge in [0.1, 0.15) is 0 Å². The normalized spacial score (nSPS) is 11.0. The molecule has 1 N–H and O–H groups in total. The monoisotopic (exact) mass is 392 g/mol. The molecule has 0 saturated heterocycles. The fourth-order valence-electron chi connectivity index (χ4n) is 3.14. The van der Waals surface area contributed by atoms with Gasteiger partial charge in [0.15, 0.2) is 0 Å². The van der Waals surface area contributed by atoms with Crippen LogP contribution < -0.4 is 5.32 Å². The number of hydrogen-bond acceptors (Lipinski definition) is 5. The maximum absolute atomic E-state index is 12.3. The Labute approximate surface area is 171 Å². The zero-order valence-electron chi connectivity index (χ0n) is 17.1. The van der Waals surface area contributed by atoms with E-state index in [0.29, 0.717) is 31.1 Å². The van der Waals surface area contributed by atoms with Crippen LogP contribution >= 0.6 is 0 Å². The molecule has 3 aromatic rings. The van der Waals surface area contributed by atoms with E-state index in [9.17, 15) is 4.79 Å². The third kappa shape index (κ3) is 5.99. The molecule has 0 unspecified atom stereocenters. The van der Waals surface area contributed by atoms with E-state index in [2.05, 4.69) is 46.3 Å². The molecule has 0 spiro atoms. The van der Waals surface area contributed by atoms with Gasteiger partial charge in [0.25, 0.3) is 0 Å². The molecule has 0 fully saturated rings. The molecule has 1 aromatic heterocycles. The van der Waals surface area contributed by atoms with Crippen LogP contribution in [0, 0.1) is 0 Å². The number of carbonyl (C=O) groups is 1. The van der Waals surface area contributed by atoms with Gasteiger partial charge in [-0.2, -0.15) is 4.98 Å². The first kappa shape index (κ1) is 20.7. The van der Waals surface area contributed by atoms with Gasteiger partial charge in [0.2, 0.25) is 17.6 Å². The molecule has 152 valence electrons. The Kier molecular flexibility index (Phi) is 7.53. The van der Waals surface area contributed by atoms with E-state index < -0.39 is 0 Å². The molecule has 1 amide bonds. The molecular formula is C23H28N4O2. The fraction of sp³-hybridized carbons (Fsp3) is 0.348. The van der Waals surface area contributed by atoms with Gasteiger partial charge in [-0.1, -0.05) is 73.6 Å². The van der Waals surface area contributed by atoms with E-state index >= 15 is 0 Å². The number of benzene rings is 2. The molecule has 29 heavy (non-hydrogen) atoms. The summed E-state index contributed by atoms with van der Waals surface area (Å²) >= 11 is 0. The fourth-order valence-corrected chi connectivity index (χ4v) is 3.14. The van der Waals surface area contributed by atoms with Crippen molar-refractivity contribution in [2.75, 3.05) is 13.1 Å². The van der Waals surface area contributed by atoms with Crippen molar-refractivity contribution < 1.29 is 9.32 Å². The minimum absolute atomic E-state index is 0.0258. The molecule has 3 rings (SSSR count). The Morgan fingerprint density at radius 1 is 1.00 bits per heavy atom. The maximum Gasteiger partial charge on any atom is 0.227 e. The highest BCUT2D eigenvalue weighted by atomic mass is 16.5. The molecule has 0 aliphatic rings. The summed E-state index contributed by atoms with van der Waals surface area (Å²) in [6, 6.07) is 17.9. The van der Waals surface area contributed by atoms with Gasteiger partial charge < -0.3 is 9.84 Å². The van der Waals surface area contributed by atoms with Gasteiger partial charge in [0, 0.05) is 31.5 Å². The Hall–Kier alpha value is -2.99. The zero-order valence-corrected chi connectivity index (χ0v) is 17.1. The van der Waals surface area contributed by atoms with Crippen molar-refractivity contribution in [3.8, 4) is 11.4 Å². The van der Waals surface area contributed by atoms with Crippen molar-refractivity contribution in [3.63, 3.8) is 0 Å². The van der Waals surface area contributed by atoms with Crippen LogP contribution in [-0.2, 0) is 24.3 Å². The lowest BCUT2D eigenvalue weighted by molar-refractivity contribution is -0.121. The third-order valence-electron chi connectivity index (χ3n) is 4.95. The third-order valence-corrected chi connectivity index (χ3v) is 4.95. The summed E-state index contributed by atoms with van der Waals surface area (Å²) < 4.78 is 5.27. The van der Waals surface area contributed by atoms with E-state index in [0.717, 1.165) is 30.8 Å². The van der Waals surface area contributed by atoms with E-state index in [-0.39, 0.29) is 5.91 Å². The topological polar surface area (TPSA) is 71.3 Å². The molecule has 0 atom stereocenters. The molecule has 1 heterocycles. The van der Waals surface area contributed by atoms with Gasteiger partial charge >= 0.3 is 0 Å². The zero-order chi connectivity index (χ0) is 20.5. The molecule has 6 heteroatoms. The van der Waals surface area contributed by atoms with E-state index in [4.69, 9.17) is 4.52 Å². The molecule has 6 nitrogen and oxygen atoms in total. The number of aromatic nitrogens is 2. The number of amides is 1. The Morgan fingerprint density at radius 3 is 2.41 bits per heavy atom. The number of nitrogens with zero attached hydrogens (tertiary/aromatic N) is 3. The lowest BCUT2D eigenvalue weighted by Gasteiger charge is -2.20. The minimum atomic E-state index is -0.0258. The number of nitrogens with one attached hydrogen (secondary N) is 1. The smallest absolute Gasteiger partial charge is 0.227 e. The Morgan fingerprint density at radius 2 is 1.69 bits per heavy atom. The first-order chi connectivity index (χ1) is 14.2. The molecule has 2 aromatic carbocycles. The van der Waals surface area contributed by atoms with Crippen molar-refractivity contribution in [2.24, 2.45) is 0 Å². The van der Waals surface area contributed by atoms with Gasteiger partial charge in [-0.05, 0) is 24.2 Å². The van der Waals surface area contributed by atoms with Crippen LogP contribution in [0.25, 0.3) is 11.4 Å². The Balaban J connectivity index is 1.50. The van der Waals surface area contributed by atoms with Crippen LogP contribution in [0.3, 0.4) is 0 Å². The number of carbonyl (C=O) groups excluding carboxylic acids is 1. The molecule has 0 bridgehead atoms. The quantitative estimate of drug-likeness (QED) is 0.568. The molecule has 0 aliphatic heterocycles. The van der Waals surface area contributed by atoms with Crippen LogP contribution in [0.4, 0.5) is 0 Å². The second-order valence-electron chi connectivity index (χ2n) is 6.88. The van der Waals surface area contributed by atoms with Crippen LogP contribution in [0.2, 0.25) is 0 Å². The second kappa shape index (κ2) is 10.5. The van der Waals surface area contributed by atoms with Gasteiger partial charge in [-0.25, -0.2) is 0 Å². The van der Waals surface area contributed by atoms with E-state index in [1.54, 1.807) is 0 Å². The second-order valence-corrected chi connectivity index (χ2v) is 6.88. The van der Waals surface area contributed by atoms with Crippen LogP contribution in [0.15, 0.2) is 59.1 Å². The lowest BCUT2D eigenvalue weighted by Crippen LogP contribution is -2.26. The van der Waals surface area contributed by atoms with E-state index in [1.807, 2.05) is 42.5 Å². The van der Waals surface area contributed by atoms with Gasteiger partial charge in [-0.15, -0.1) is 0 Å². The summed E-state index contributed by atoms with van der Waals surface area (Å²) in [6.07, 6.45) is 0.737. The lowest BCUT2D eigenvalue weighted by atomic mass is 10.1. The highest BCUT2D eigenvalue weighted by Crippen LogP contribution is 2.15. The summed E-state index contributed by atoms with van der Waals surface area (Å²) in [5.41, 5.74) is 3.30. The summed E-state index contributed by atoms with van der Waals surface area (Å²) in [6.45, 7) is 7.75. The first-order valence-corrected chi connectivity index (χ1v) is 10.1. The highest BCUT2D eigenvalue weighted by Gasteiger charge is 2.11. The minimum Gasteiger partial charge on any atom is -0.352 e. The Bertz CT molecular complexity index is 904. The summed E-state index contributed by atoms with van der Waals surface area (Å²) in [5, 5.41) is 7.00. The van der Waals surface area contributed by atoms with Gasteiger partial charge in [-0.3, -0.25) is 9.69 Å². The summed E-state index contributed by atoms with van der Waals surface area (Å²) in [4.78, 5) is 19.0. The standard InChI is InChI=1S/C23H28N4O2/c1-3-27(4-2)17-20-13-9-8-12-19(20)16-24-21(28)14-15-22-25-23(26-29-22)18-10-6-5-7-11-18/h5-13H,3-4,14-17H2,1-2H3,(H,24,28). The maximum atomic E-state index is 12.3. The van der Waals surface area contributed by atoms with Gasteiger partial charge in [0.05, 0.1) is 0 Å². The van der Waals surface area contributed by atoms with Crippen molar-refractivity contribution >= 4 is 5.91 Å². The number of hydrogen-bond donors (Lipinski definition) is 1. The van der Waals surface area contributed by atoms with E-state index in [1.165, 1.54) is 5.56 Å². The number of aryl methyl sites for hydroxylation is 1. The molecule has 0 radical (unpaired) electrons. The highest BCUT2D eigenvalue weighted by molar-refractivity contribution is 5.76. The first-order valence-electron chi connectivity index (χ1n) is 10.1. The predicted octanol–water partition coefficient (Wildman–Crippen LogP) is 3.83. The molecule has 0 saturated carbocycles. The summed E-state index contributed by atoms with van der Waals surface area (Å²) in [5.74, 6) is 0.995. The average molecular weight is 393 g/mol. The summed E-state index contributed by atoms with van der Waals surface area (Å²) in [7, 11) is 0. The molecule has 0 aliphatic carbocycles. The largest absolute Gasteiger partial charge is 0.352 e. The van der Waals surface area contributed by atoms with Crippen molar-refractivity contribution in [1.82, 2.24) is 20.4 Å². The van der Waals surface area contributed by atoms with Crippen molar-refractivity contribution in [3.05, 3.63) is 71.6 Å². The molecular weight excluding hydrogens is 364 g/mol. The number of rotatable bonds is 10. The predicted molar refractivity (Wildman–Crippen MR) is 113 cm³/mol. The van der Waals surface area contributed by atoms with Crippen LogP contribution in [0.1, 0.15) is 37.3 Å². The average Bonchev–Trinajstić information content (AvgIpc) is 3.25. The SMILES string of the molecule is CCN(CC)Cc1ccccc1CNC(=O)CCc1nc(-c2ccccc2)no1. The van der Waals surface area contributed by atoms with Crippen molar-refractivity contribution in [2.45, 2.75) is 39.8 Å². The van der Waals surface area contributed by atoms with Crippen LogP contribution in [-0.4, -0.2) is 34.0 Å².